The Labute approximate surface area is 160 Å². The molecule has 1 aliphatic heterocycles. The second kappa shape index (κ2) is 9.33. The largest absolute Gasteiger partial charge is 0.348 e. The summed E-state index contributed by atoms with van der Waals surface area (Å²) in [5, 5.41) is 5.85. The highest BCUT2D eigenvalue weighted by atomic mass is 16.2. The Balaban J connectivity index is 1.59. The Morgan fingerprint density at radius 1 is 1.07 bits per heavy atom. The number of para-hydroxylation sites is 1. The van der Waals surface area contributed by atoms with Crippen molar-refractivity contribution in [3.63, 3.8) is 0 Å². The Morgan fingerprint density at radius 2 is 1.81 bits per heavy atom. The monoisotopic (exact) mass is 366 g/mol. The molecule has 142 valence electrons. The van der Waals surface area contributed by atoms with Crippen LogP contribution < -0.4 is 15.5 Å². The van der Waals surface area contributed by atoms with Crippen molar-refractivity contribution >= 4 is 17.5 Å². The number of carbonyl (C=O) groups is 2. The van der Waals surface area contributed by atoms with Crippen LogP contribution in [0.2, 0.25) is 0 Å². The number of carbonyl (C=O) groups excluding carboxylic acids is 2. The van der Waals surface area contributed by atoms with Gasteiger partial charge in [-0.2, -0.15) is 0 Å². The highest BCUT2D eigenvalue weighted by Gasteiger charge is 2.22. The molecular weight excluding hydrogens is 338 g/mol. The summed E-state index contributed by atoms with van der Waals surface area (Å²) in [6, 6.07) is 16.9. The van der Waals surface area contributed by atoms with E-state index in [0.29, 0.717) is 30.3 Å². The fraction of sp³-hybridized carbons (Fsp3) is 0.364. The molecule has 3 N–H and O–H groups in total. The first kappa shape index (κ1) is 19.1. The van der Waals surface area contributed by atoms with Gasteiger partial charge in [-0.3, -0.25) is 9.59 Å². The topological polar surface area (TPSA) is 62.6 Å². The zero-order valence-corrected chi connectivity index (χ0v) is 15.8. The van der Waals surface area contributed by atoms with Crippen LogP contribution in [-0.2, 0) is 11.3 Å². The average Bonchev–Trinajstić information content (AvgIpc) is 2.67. The Bertz CT molecular complexity index is 776. The predicted molar refractivity (Wildman–Crippen MR) is 107 cm³/mol. The van der Waals surface area contributed by atoms with E-state index in [0.717, 1.165) is 18.7 Å². The van der Waals surface area contributed by atoms with E-state index < -0.39 is 0 Å². The summed E-state index contributed by atoms with van der Waals surface area (Å²) in [5.74, 6) is 0.439. The maximum Gasteiger partial charge on any atom is 0.279 e. The molecule has 2 aromatic rings. The number of hydrogen-bond acceptors (Lipinski definition) is 2. The number of piperidine rings is 1. The number of rotatable bonds is 6. The third-order valence-corrected chi connectivity index (χ3v) is 5.02. The van der Waals surface area contributed by atoms with Gasteiger partial charge in [0, 0.05) is 12.5 Å². The van der Waals surface area contributed by atoms with Crippen LogP contribution in [0.15, 0.2) is 54.6 Å². The summed E-state index contributed by atoms with van der Waals surface area (Å²) in [6.07, 6.45) is 2.41. The van der Waals surface area contributed by atoms with Crippen LogP contribution in [0.5, 0.6) is 0 Å². The van der Waals surface area contributed by atoms with Crippen molar-refractivity contribution < 1.29 is 14.5 Å². The molecule has 0 saturated carbocycles. The molecule has 1 unspecified atom stereocenters. The first-order valence-electron chi connectivity index (χ1n) is 9.66. The maximum atomic E-state index is 12.6. The van der Waals surface area contributed by atoms with Gasteiger partial charge in [-0.15, -0.1) is 0 Å². The highest BCUT2D eigenvalue weighted by molar-refractivity contribution is 6.03. The summed E-state index contributed by atoms with van der Waals surface area (Å²) >= 11 is 0. The fourth-order valence-corrected chi connectivity index (χ4v) is 3.64. The van der Waals surface area contributed by atoms with Gasteiger partial charge in [0.05, 0.1) is 24.3 Å². The molecule has 1 fully saturated rings. The molecule has 0 aromatic heterocycles. The van der Waals surface area contributed by atoms with E-state index in [1.165, 1.54) is 17.7 Å². The summed E-state index contributed by atoms with van der Waals surface area (Å²) in [5.41, 5.74) is 2.09. The quantitative estimate of drug-likeness (QED) is 0.731. The molecule has 1 heterocycles. The molecule has 2 amide bonds. The van der Waals surface area contributed by atoms with Gasteiger partial charge < -0.3 is 15.5 Å². The van der Waals surface area contributed by atoms with Crippen LogP contribution in [0.4, 0.5) is 5.69 Å². The fourth-order valence-electron chi connectivity index (χ4n) is 3.64. The predicted octanol–water partition coefficient (Wildman–Crippen LogP) is 1.87. The van der Waals surface area contributed by atoms with E-state index in [1.54, 1.807) is 12.1 Å². The molecule has 27 heavy (non-hydrogen) atoms. The van der Waals surface area contributed by atoms with Crippen LogP contribution in [0.1, 0.15) is 35.7 Å². The molecule has 0 spiro atoms. The van der Waals surface area contributed by atoms with Crippen LogP contribution >= 0.6 is 0 Å². The first-order valence-corrected chi connectivity index (χ1v) is 9.66. The maximum absolute atomic E-state index is 12.6. The minimum atomic E-state index is -0.186. The van der Waals surface area contributed by atoms with Crippen molar-refractivity contribution in [2.75, 3.05) is 25.0 Å². The lowest BCUT2D eigenvalue weighted by Crippen LogP contribution is -3.14. The average molecular weight is 366 g/mol. The van der Waals surface area contributed by atoms with Crippen LogP contribution in [-0.4, -0.2) is 31.4 Å². The number of anilines is 1. The van der Waals surface area contributed by atoms with E-state index in [1.807, 2.05) is 42.5 Å². The van der Waals surface area contributed by atoms with Crippen LogP contribution in [0, 0.1) is 5.92 Å². The molecule has 0 radical (unpaired) electrons. The summed E-state index contributed by atoms with van der Waals surface area (Å²) in [6.45, 7) is 5.22. The van der Waals surface area contributed by atoms with Gasteiger partial charge in [0.1, 0.15) is 0 Å². The Kier molecular flexibility index (Phi) is 6.60. The van der Waals surface area contributed by atoms with Crippen molar-refractivity contribution in [1.29, 1.82) is 0 Å². The number of amides is 2. The smallest absolute Gasteiger partial charge is 0.279 e. The van der Waals surface area contributed by atoms with Gasteiger partial charge in [-0.05, 0) is 30.5 Å². The summed E-state index contributed by atoms with van der Waals surface area (Å²) in [4.78, 5) is 26.4. The summed E-state index contributed by atoms with van der Waals surface area (Å²) < 4.78 is 0. The van der Waals surface area contributed by atoms with Gasteiger partial charge in [-0.25, -0.2) is 0 Å². The third kappa shape index (κ3) is 5.66. The first-order chi connectivity index (χ1) is 13.1. The summed E-state index contributed by atoms with van der Waals surface area (Å²) in [7, 11) is 0. The van der Waals surface area contributed by atoms with Crippen molar-refractivity contribution in [2.24, 2.45) is 5.92 Å². The van der Waals surface area contributed by atoms with E-state index in [4.69, 9.17) is 0 Å². The molecule has 2 atom stereocenters. The molecule has 5 nitrogen and oxygen atoms in total. The molecular formula is C22H28N3O2+. The molecule has 1 saturated heterocycles. The van der Waals surface area contributed by atoms with Gasteiger partial charge in [0.2, 0.25) is 0 Å². The molecule has 2 aromatic carbocycles. The molecule has 0 aliphatic carbocycles. The van der Waals surface area contributed by atoms with E-state index in [2.05, 4.69) is 17.6 Å². The number of hydrogen-bond donors (Lipinski definition) is 3. The van der Waals surface area contributed by atoms with E-state index in [-0.39, 0.29) is 11.8 Å². The normalized spacial score (nSPS) is 19.3. The lowest BCUT2D eigenvalue weighted by Gasteiger charge is -2.27. The number of likely N-dealkylation sites (tertiary alicyclic amines) is 1. The van der Waals surface area contributed by atoms with E-state index in [9.17, 15) is 9.59 Å². The Hall–Kier alpha value is -2.66. The third-order valence-electron chi connectivity index (χ3n) is 5.02. The van der Waals surface area contributed by atoms with Crippen LogP contribution in [0.25, 0.3) is 0 Å². The molecule has 3 rings (SSSR count). The van der Waals surface area contributed by atoms with Gasteiger partial charge in [0.25, 0.3) is 11.8 Å². The van der Waals surface area contributed by atoms with Gasteiger partial charge in [0.15, 0.2) is 6.54 Å². The van der Waals surface area contributed by atoms with Crippen molar-refractivity contribution in [3.05, 3.63) is 65.7 Å². The minimum absolute atomic E-state index is 0.0394. The van der Waals surface area contributed by atoms with Crippen molar-refractivity contribution in [1.82, 2.24) is 5.32 Å². The SMILES string of the molecule is C[C@@H]1CCC[NH+](CC(=O)Nc2ccccc2C(=O)NCc2ccccc2)C1. The zero-order chi connectivity index (χ0) is 19.1. The lowest BCUT2D eigenvalue weighted by atomic mass is 10.0. The van der Waals surface area contributed by atoms with Crippen molar-refractivity contribution in [2.45, 2.75) is 26.3 Å². The number of quaternary nitrogens is 1. The minimum Gasteiger partial charge on any atom is -0.348 e. The Morgan fingerprint density at radius 3 is 2.59 bits per heavy atom. The van der Waals surface area contributed by atoms with Crippen LogP contribution in [0.3, 0.4) is 0 Å². The zero-order valence-electron chi connectivity index (χ0n) is 15.8. The molecule has 0 bridgehead atoms. The highest BCUT2D eigenvalue weighted by Crippen LogP contribution is 2.15. The second-order valence-electron chi connectivity index (χ2n) is 7.39. The van der Waals surface area contributed by atoms with Gasteiger partial charge in [-0.1, -0.05) is 49.4 Å². The van der Waals surface area contributed by atoms with Crippen molar-refractivity contribution in [3.8, 4) is 0 Å². The molecule has 5 heteroatoms. The van der Waals surface area contributed by atoms with Gasteiger partial charge >= 0.3 is 0 Å². The standard InChI is InChI=1S/C22H27N3O2/c1-17-8-7-13-25(15-17)16-21(26)24-20-12-6-5-11-19(20)22(27)23-14-18-9-3-2-4-10-18/h2-6,9-12,17H,7-8,13-16H2,1H3,(H,23,27)(H,24,26)/p+1/t17-/m1/s1. The van der Waals surface area contributed by atoms with E-state index >= 15 is 0 Å². The number of benzene rings is 2. The molecule has 1 aliphatic rings. The lowest BCUT2D eigenvalue weighted by molar-refractivity contribution is -0.900. The second-order valence-corrected chi connectivity index (χ2v) is 7.39. The number of nitrogens with one attached hydrogen (secondary N) is 3.